The lowest BCUT2D eigenvalue weighted by Gasteiger charge is -2.37. The molecule has 0 radical (unpaired) electrons. The number of hydrogen-bond acceptors (Lipinski definition) is 8. The van der Waals surface area contributed by atoms with Crippen molar-refractivity contribution >= 4 is 17.4 Å². The molecule has 2 aromatic heterocycles. The van der Waals surface area contributed by atoms with E-state index in [1.165, 1.54) is 13.2 Å². The van der Waals surface area contributed by atoms with Crippen LogP contribution in [0.2, 0.25) is 0 Å². The number of pyridine rings is 1. The third-order valence-corrected chi connectivity index (χ3v) is 5.18. The highest BCUT2D eigenvalue weighted by molar-refractivity contribution is 6.08. The van der Waals surface area contributed by atoms with E-state index in [2.05, 4.69) is 25.8 Å². The molecule has 0 spiro atoms. The van der Waals surface area contributed by atoms with Crippen molar-refractivity contribution < 1.29 is 13.9 Å². The normalized spacial score (nSPS) is 18.8. The number of nitrogens with two attached hydrogens (primary N) is 1. The van der Waals surface area contributed by atoms with Crippen molar-refractivity contribution in [3.05, 3.63) is 71.8 Å². The van der Waals surface area contributed by atoms with Gasteiger partial charge in [0, 0.05) is 29.1 Å². The molecule has 1 aliphatic heterocycles. The number of amidine groups is 1. The van der Waals surface area contributed by atoms with E-state index in [0.29, 0.717) is 29.0 Å². The lowest BCUT2D eigenvalue weighted by Crippen LogP contribution is -2.57. The highest BCUT2D eigenvalue weighted by atomic mass is 19.1. The largest absolute Gasteiger partial charge is 0.497 e. The molecular weight excluding hydrogens is 413 g/mol. The van der Waals surface area contributed by atoms with Gasteiger partial charge in [-0.1, -0.05) is 19.1 Å². The van der Waals surface area contributed by atoms with Crippen LogP contribution in [-0.2, 0) is 0 Å². The monoisotopic (exact) mass is 437 g/mol. The lowest BCUT2D eigenvalue weighted by atomic mass is 9.96. The summed E-state index contributed by atoms with van der Waals surface area (Å²) in [5.74, 6) is 0.121. The van der Waals surface area contributed by atoms with Crippen LogP contribution in [-0.4, -0.2) is 41.0 Å². The van der Waals surface area contributed by atoms with Crippen LogP contribution in [0.15, 0.2) is 59.7 Å². The Balaban J connectivity index is 1.73. The molecule has 0 amide bonds. The van der Waals surface area contributed by atoms with Crippen LogP contribution >= 0.6 is 0 Å². The van der Waals surface area contributed by atoms with Crippen LogP contribution in [0.5, 0.6) is 11.6 Å². The maximum absolute atomic E-state index is 13.4. The van der Waals surface area contributed by atoms with Crippen LogP contribution in [0, 0.1) is 5.82 Å². The van der Waals surface area contributed by atoms with E-state index in [1.54, 1.807) is 19.2 Å². The second-order valence-corrected chi connectivity index (χ2v) is 7.31. The van der Waals surface area contributed by atoms with Gasteiger partial charge < -0.3 is 20.1 Å². The number of nitrogens with zero attached hydrogens (tertiary/aromatic N) is 3. The zero-order chi connectivity index (χ0) is 22.7. The van der Waals surface area contributed by atoms with Crippen LogP contribution in [0.1, 0.15) is 24.1 Å². The van der Waals surface area contributed by atoms with Crippen LogP contribution < -0.4 is 25.8 Å². The minimum Gasteiger partial charge on any atom is -0.497 e. The van der Waals surface area contributed by atoms with Crippen LogP contribution in [0.3, 0.4) is 0 Å². The first-order valence-corrected chi connectivity index (χ1v) is 9.91. The van der Waals surface area contributed by atoms with Crippen molar-refractivity contribution in [1.82, 2.24) is 20.5 Å². The second kappa shape index (κ2) is 8.67. The molecule has 1 unspecified atom stereocenters. The van der Waals surface area contributed by atoms with Gasteiger partial charge in [-0.25, -0.2) is 9.38 Å². The molecule has 4 rings (SSSR count). The predicted octanol–water partition coefficient (Wildman–Crippen LogP) is 2.83. The lowest BCUT2D eigenvalue weighted by molar-refractivity contribution is 0.334. The number of methoxy groups -OCH3 is 2. The number of hydrogen-bond donors (Lipinski definition) is 4. The van der Waals surface area contributed by atoms with Crippen molar-refractivity contribution in [3.63, 3.8) is 0 Å². The average molecular weight is 437 g/mol. The molecule has 0 fully saturated rings. The zero-order valence-electron chi connectivity index (χ0n) is 17.9. The van der Waals surface area contributed by atoms with Gasteiger partial charge in [0.15, 0.2) is 5.79 Å². The molecule has 10 heteroatoms. The summed E-state index contributed by atoms with van der Waals surface area (Å²) in [5.41, 5.74) is 8.93. The molecule has 32 heavy (non-hydrogen) atoms. The first-order chi connectivity index (χ1) is 15.4. The fourth-order valence-electron chi connectivity index (χ4n) is 3.34. The summed E-state index contributed by atoms with van der Waals surface area (Å²) < 4.78 is 23.9. The summed E-state index contributed by atoms with van der Waals surface area (Å²) in [6.45, 7) is 1.88. The maximum Gasteiger partial charge on any atom is 0.234 e. The van der Waals surface area contributed by atoms with Gasteiger partial charge >= 0.3 is 0 Å². The highest BCUT2D eigenvalue weighted by Crippen LogP contribution is 2.31. The van der Waals surface area contributed by atoms with Gasteiger partial charge in [-0.3, -0.25) is 15.8 Å². The second-order valence-electron chi connectivity index (χ2n) is 7.31. The minimum atomic E-state index is -1.27. The SMILES string of the molecule is COc1cccc(C2=CC(Nc3cc(OC)n[nH]3)=NC(N)([C@@H](C)c3ccc(F)cn3)N2)c1. The number of benzene rings is 1. The summed E-state index contributed by atoms with van der Waals surface area (Å²) in [6, 6.07) is 12.2. The van der Waals surface area contributed by atoms with Crippen molar-refractivity contribution in [3.8, 4) is 11.6 Å². The summed E-state index contributed by atoms with van der Waals surface area (Å²) >= 11 is 0. The standard InChI is InChI=1S/C22H24FN7O2/c1-13(17-8-7-15(23)12-25-17)22(24)27-18(14-5-4-6-16(9-14)31-2)10-19(28-22)26-20-11-21(32-3)30-29-20/h4-13,27H,24H2,1-3H3,(H2,26,28,29,30)/t13-,22?/m0/s1. The molecule has 0 aliphatic carbocycles. The summed E-state index contributed by atoms with van der Waals surface area (Å²) in [4.78, 5) is 8.89. The number of aromatic nitrogens is 3. The Hall–Kier alpha value is -3.92. The summed E-state index contributed by atoms with van der Waals surface area (Å²) in [5, 5.41) is 13.4. The molecule has 166 valence electrons. The Kier molecular flexibility index (Phi) is 5.78. The molecule has 9 nitrogen and oxygen atoms in total. The number of aromatic amines is 1. The predicted molar refractivity (Wildman–Crippen MR) is 120 cm³/mol. The third kappa shape index (κ3) is 4.40. The Morgan fingerprint density at radius 3 is 2.69 bits per heavy atom. The Morgan fingerprint density at radius 2 is 2.00 bits per heavy atom. The molecular formula is C22H24FN7O2. The minimum absolute atomic E-state index is 0.398. The van der Waals surface area contributed by atoms with Gasteiger partial charge in [0.25, 0.3) is 0 Å². The summed E-state index contributed by atoms with van der Waals surface area (Å²) in [6.07, 6.45) is 2.99. The molecule has 3 aromatic rings. The number of H-pyrrole nitrogens is 1. The Bertz CT molecular complexity index is 1160. The number of rotatable bonds is 6. The molecule has 1 aromatic carbocycles. The van der Waals surface area contributed by atoms with Crippen LogP contribution in [0.25, 0.3) is 5.70 Å². The fourth-order valence-corrected chi connectivity index (χ4v) is 3.34. The van der Waals surface area contributed by atoms with E-state index in [9.17, 15) is 4.39 Å². The Morgan fingerprint density at radius 1 is 1.16 bits per heavy atom. The van der Waals surface area contributed by atoms with Crippen molar-refractivity contribution in [2.24, 2.45) is 10.7 Å². The van der Waals surface area contributed by atoms with Gasteiger partial charge in [0.2, 0.25) is 5.88 Å². The van der Waals surface area contributed by atoms with Gasteiger partial charge in [0.05, 0.1) is 26.3 Å². The Labute approximate surface area is 184 Å². The van der Waals surface area contributed by atoms with Gasteiger partial charge in [-0.2, -0.15) is 0 Å². The van der Waals surface area contributed by atoms with E-state index in [4.69, 9.17) is 20.2 Å². The van der Waals surface area contributed by atoms with E-state index in [0.717, 1.165) is 17.5 Å². The fraction of sp³-hybridized carbons (Fsp3) is 0.227. The number of anilines is 1. The van der Waals surface area contributed by atoms with E-state index in [-0.39, 0.29) is 0 Å². The highest BCUT2D eigenvalue weighted by Gasteiger charge is 2.37. The third-order valence-electron chi connectivity index (χ3n) is 5.18. The molecule has 2 atom stereocenters. The van der Waals surface area contributed by atoms with Crippen LogP contribution in [0.4, 0.5) is 10.2 Å². The molecule has 0 saturated heterocycles. The smallest absolute Gasteiger partial charge is 0.234 e. The van der Waals surface area contributed by atoms with E-state index >= 15 is 0 Å². The van der Waals surface area contributed by atoms with Crippen molar-refractivity contribution in [1.29, 1.82) is 0 Å². The topological polar surface area (TPSA) is 122 Å². The molecule has 1 aliphatic rings. The van der Waals surface area contributed by atoms with Crippen molar-refractivity contribution in [2.45, 2.75) is 18.6 Å². The molecule has 0 bridgehead atoms. The molecule has 5 N–H and O–H groups in total. The van der Waals surface area contributed by atoms with Crippen molar-refractivity contribution in [2.75, 3.05) is 19.5 Å². The van der Waals surface area contributed by atoms with Gasteiger partial charge in [-0.05, 0) is 24.3 Å². The number of nitrogens with one attached hydrogen (secondary N) is 3. The molecule has 3 heterocycles. The number of aliphatic imine (C=N–C) groups is 1. The first-order valence-electron chi connectivity index (χ1n) is 9.91. The maximum atomic E-state index is 13.4. The first kappa shape index (κ1) is 21.3. The zero-order valence-corrected chi connectivity index (χ0v) is 17.9. The average Bonchev–Trinajstić information content (AvgIpc) is 3.26. The quantitative estimate of drug-likeness (QED) is 0.468. The van der Waals surface area contributed by atoms with E-state index < -0.39 is 17.5 Å². The number of ether oxygens (including phenoxy) is 2. The van der Waals surface area contributed by atoms with Gasteiger partial charge in [0.1, 0.15) is 23.2 Å². The summed E-state index contributed by atoms with van der Waals surface area (Å²) in [7, 11) is 3.14. The molecule has 0 saturated carbocycles. The number of halogens is 1. The van der Waals surface area contributed by atoms with E-state index in [1.807, 2.05) is 37.3 Å². The van der Waals surface area contributed by atoms with Gasteiger partial charge in [-0.15, -0.1) is 5.10 Å².